The van der Waals surface area contributed by atoms with Gasteiger partial charge in [0, 0.05) is 29.8 Å². The maximum atomic E-state index is 12.7. The van der Waals surface area contributed by atoms with Crippen LogP contribution in [0.15, 0.2) is 84.9 Å². The summed E-state index contributed by atoms with van der Waals surface area (Å²) in [6, 6.07) is 25.0. The van der Waals surface area contributed by atoms with E-state index >= 15 is 0 Å². The monoisotopic (exact) mass is 346 g/mol. The third kappa shape index (κ3) is 4.33. The Morgan fingerprint density at radius 1 is 0.923 bits per heavy atom. The molecule has 3 aromatic carbocycles. The van der Waals surface area contributed by atoms with E-state index in [9.17, 15) is 14.9 Å². The molecule has 0 bridgehead atoms. The average Bonchev–Trinajstić information content (AvgIpc) is 2.69. The maximum Gasteiger partial charge on any atom is 0.270 e. The van der Waals surface area contributed by atoms with Crippen LogP contribution in [0.1, 0.15) is 28.4 Å². The predicted octanol–water partition coefficient (Wildman–Crippen LogP) is 5.02. The first-order valence-electron chi connectivity index (χ1n) is 8.27. The van der Waals surface area contributed by atoms with Crippen molar-refractivity contribution in [1.29, 1.82) is 0 Å². The van der Waals surface area contributed by atoms with Crippen LogP contribution in [0.5, 0.6) is 0 Å². The van der Waals surface area contributed by atoms with Gasteiger partial charge in [0.25, 0.3) is 5.69 Å². The number of carbonyl (C=O) groups is 1. The number of hydrogen-bond donors (Lipinski definition) is 1. The van der Waals surface area contributed by atoms with E-state index in [2.05, 4.69) is 5.32 Å². The minimum Gasteiger partial charge on any atom is -0.378 e. The summed E-state index contributed by atoms with van der Waals surface area (Å²) in [5.41, 5.74) is 2.15. The summed E-state index contributed by atoms with van der Waals surface area (Å²) in [5, 5.41) is 14.3. The lowest BCUT2D eigenvalue weighted by Crippen LogP contribution is -2.16. The van der Waals surface area contributed by atoms with E-state index in [4.69, 9.17) is 0 Å². The fourth-order valence-electron chi connectivity index (χ4n) is 2.77. The molecule has 5 nitrogen and oxygen atoms in total. The zero-order chi connectivity index (χ0) is 18.4. The molecule has 3 aromatic rings. The van der Waals surface area contributed by atoms with Gasteiger partial charge in [-0.2, -0.15) is 0 Å². The number of nitrogens with one attached hydrogen (secondary N) is 1. The third-order valence-electron chi connectivity index (χ3n) is 4.09. The molecule has 130 valence electrons. The van der Waals surface area contributed by atoms with E-state index < -0.39 is 4.92 Å². The fourth-order valence-corrected chi connectivity index (χ4v) is 2.77. The van der Waals surface area contributed by atoms with Crippen LogP contribution >= 0.6 is 0 Å². The molecule has 0 fully saturated rings. The van der Waals surface area contributed by atoms with Gasteiger partial charge in [-0.25, -0.2) is 0 Å². The summed E-state index contributed by atoms with van der Waals surface area (Å²) in [5.74, 6) is -0.147. The highest BCUT2D eigenvalue weighted by Crippen LogP contribution is 2.25. The summed E-state index contributed by atoms with van der Waals surface area (Å²) in [6.45, 7) is 0. The Morgan fingerprint density at radius 2 is 1.58 bits per heavy atom. The number of rotatable bonds is 7. The van der Waals surface area contributed by atoms with Gasteiger partial charge in [0.1, 0.15) is 0 Å². The number of anilines is 1. The maximum absolute atomic E-state index is 12.7. The minimum atomic E-state index is -0.492. The van der Waals surface area contributed by atoms with Gasteiger partial charge in [-0.3, -0.25) is 14.9 Å². The molecule has 0 saturated carbocycles. The lowest BCUT2D eigenvalue weighted by Gasteiger charge is -2.20. The Hall–Kier alpha value is -3.47. The van der Waals surface area contributed by atoms with Crippen LogP contribution in [-0.2, 0) is 0 Å². The highest BCUT2D eigenvalue weighted by Gasteiger charge is 2.19. The fraction of sp³-hybridized carbons (Fsp3) is 0.0952. The molecule has 1 N–H and O–H groups in total. The molecule has 0 spiro atoms. The summed E-state index contributed by atoms with van der Waals surface area (Å²) in [4.78, 5) is 23.2. The Morgan fingerprint density at radius 3 is 2.23 bits per heavy atom. The van der Waals surface area contributed by atoms with Crippen molar-refractivity contribution in [3.63, 3.8) is 0 Å². The van der Waals surface area contributed by atoms with Crippen LogP contribution in [0.3, 0.4) is 0 Å². The molecule has 0 radical (unpaired) electrons. The molecule has 1 atom stereocenters. The molecule has 26 heavy (non-hydrogen) atoms. The number of hydrogen-bond acceptors (Lipinski definition) is 4. The van der Waals surface area contributed by atoms with Gasteiger partial charge in [0.05, 0.1) is 11.0 Å². The van der Waals surface area contributed by atoms with Crippen molar-refractivity contribution < 1.29 is 9.72 Å². The SMILES string of the molecule is O=C(CC(Nc1ccccc1)c1ccccc1)c1cccc([N+](=O)[O-])c1. The van der Waals surface area contributed by atoms with Crippen LogP contribution in [0.2, 0.25) is 0 Å². The molecule has 0 aliphatic carbocycles. The summed E-state index contributed by atoms with van der Waals surface area (Å²) >= 11 is 0. The van der Waals surface area contributed by atoms with Gasteiger partial charge in [-0.05, 0) is 17.7 Å². The number of carbonyl (C=O) groups excluding carboxylic acids is 1. The van der Waals surface area contributed by atoms with Gasteiger partial charge in [-0.15, -0.1) is 0 Å². The van der Waals surface area contributed by atoms with Crippen LogP contribution in [-0.4, -0.2) is 10.7 Å². The highest BCUT2D eigenvalue weighted by atomic mass is 16.6. The van der Waals surface area contributed by atoms with Crippen LogP contribution in [0.25, 0.3) is 0 Å². The molecule has 0 heterocycles. The van der Waals surface area contributed by atoms with Crippen molar-refractivity contribution in [3.8, 4) is 0 Å². The smallest absolute Gasteiger partial charge is 0.270 e. The number of nitrogens with zero attached hydrogens (tertiary/aromatic N) is 1. The molecular weight excluding hydrogens is 328 g/mol. The molecule has 5 heteroatoms. The quantitative estimate of drug-likeness (QED) is 0.370. The normalized spacial score (nSPS) is 11.5. The molecule has 1 unspecified atom stereocenters. The molecule has 0 aliphatic heterocycles. The van der Waals surface area contributed by atoms with Gasteiger partial charge in [0.15, 0.2) is 5.78 Å². The number of ketones is 1. The van der Waals surface area contributed by atoms with Crippen molar-refractivity contribution in [3.05, 3.63) is 106 Å². The van der Waals surface area contributed by atoms with Crippen LogP contribution < -0.4 is 5.32 Å². The second kappa shape index (κ2) is 8.07. The number of nitro benzene ring substituents is 1. The third-order valence-corrected chi connectivity index (χ3v) is 4.09. The molecular formula is C21H18N2O3. The van der Waals surface area contributed by atoms with E-state index in [1.807, 2.05) is 60.7 Å². The van der Waals surface area contributed by atoms with Crippen molar-refractivity contribution >= 4 is 17.2 Å². The zero-order valence-corrected chi connectivity index (χ0v) is 14.0. The first kappa shape index (κ1) is 17.4. The Balaban J connectivity index is 1.84. The summed E-state index contributed by atoms with van der Waals surface area (Å²) in [7, 11) is 0. The van der Waals surface area contributed by atoms with Crippen LogP contribution in [0, 0.1) is 10.1 Å². The van der Waals surface area contributed by atoms with Gasteiger partial charge >= 0.3 is 0 Å². The van der Waals surface area contributed by atoms with E-state index in [0.717, 1.165) is 11.3 Å². The number of para-hydroxylation sites is 1. The van der Waals surface area contributed by atoms with Crippen molar-refractivity contribution in [2.75, 3.05) is 5.32 Å². The first-order valence-corrected chi connectivity index (χ1v) is 8.27. The second-order valence-corrected chi connectivity index (χ2v) is 5.91. The average molecular weight is 346 g/mol. The van der Waals surface area contributed by atoms with Crippen LogP contribution in [0.4, 0.5) is 11.4 Å². The standard InChI is InChI=1S/C21H18N2O3/c24-21(17-10-7-13-19(14-17)23(25)26)15-20(16-8-3-1-4-9-16)22-18-11-5-2-6-12-18/h1-14,20,22H,15H2. The number of nitro groups is 1. The predicted molar refractivity (Wildman–Crippen MR) is 101 cm³/mol. The second-order valence-electron chi connectivity index (χ2n) is 5.91. The van der Waals surface area contributed by atoms with E-state index in [-0.39, 0.29) is 23.9 Å². The number of non-ortho nitro benzene ring substituents is 1. The lowest BCUT2D eigenvalue weighted by molar-refractivity contribution is -0.384. The zero-order valence-electron chi connectivity index (χ0n) is 14.0. The van der Waals surface area contributed by atoms with Crippen molar-refractivity contribution in [2.24, 2.45) is 0 Å². The Bertz CT molecular complexity index is 895. The van der Waals surface area contributed by atoms with Gasteiger partial charge < -0.3 is 5.32 Å². The Labute approximate surface area is 151 Å². The highest BCUT2D eigenvalue weighted by molar-refractivity contribution is 5.97. The van der Waals surface area contributed by atoms with Gasteiger partial charge in [-0.1, -0.05) is 60.7 Å². The number of benzene rings is 3. The summed E-state index contributed by atoms with van der Waals surface area (Å²) < 4.78 is 0. The largest absolute Gasteiger partial charge is 0.378 e. The minimum absolute atomic E-state index is 0.0804. The first-order chi connectivity index (χ1) is 12.6. The van der Waals surface area contributed by atoms with E-state index in [1.165, 1.54) is 18.2 Å². The van der Waals surface area contributed by atoms with Crippen molar-refractivity contribution in [1.82, 2.24) is 0 Å². The molecule has 3 rings (SSSR count). The lowest BCUT2D eigenvalue weighted by atomic mass is 9.97. The molecule has 0 aliphatic rings. The Kier molecular flexibility index (Phi) is 5.39. The van der Waals surface area contributed by atoms with Gasteiger partial charge in [0.2, 0.25) is 0 Å². The molecule has 0 amide bonds. The topological polar surface area (TPSA) is 72.2 Å². The number of Topliss-reactive ketones (excluding diaryl/α,β-unsaturated/α-hetero) is 1. The van der Waals surface area contributed by atoms with Crippen molar-refractivity contribution in [2.45, 2.75) is 12.5 Å². The van der Waals surface area contributed by atoms with E-state index in [0.29, 0.717) is 5.56 Å². The summed E-state index contributed by atoms with van der Waals surface area (Å²) in [6.07, 6.45) is 0.195. The van der Waals surface area contributed by atoms with E-state index in [1.54, 1.807) is 6.07 Å². The molecule has 0 aromatic heterocycles. The molecule has 0 saturated heterocycles.